The van der Waals surface area contributed by atoms with Gasteiger partial charge in [-0.15, -0.1) is 11.3 Å². The molecule has 2 aliphatic heterocycles. The maximum atomic E-state index is 2.27. The summed E-state index contributed by atoms with van der Waals surface area (Å²) in [6.45, 7) is 4.45. The van der Waals surface area contributed by atoms with Gasteiger partial charge in [-0.3, -0.25) is 4.49 Å². The molecule has 2 aliphatic rings. The van der Waals surface area contributed by atoms with E-state index in [1.165, 1.54) is 38.8 Å². The Hall–Kier alpha value is -2.85. The molecule has 0 atom stereocenters. The van der Waals surface area contributed by atoms with Gasteiger partial charge in [0.15, 0.2) is 11.4 Å². The van der Waals surface area contributed by atoms with E-state index in [2.05, 4.69) is 115 Å². The van der Waals surface area contributed by atoms with Crippen LogP contribution in [-0.2, 0) is 0 Å². The number of thiophene rings is 1. The molecule has 2 aromatic heterocycles. The van der Waals surface area contributed by atoms with Crippen molar-refractivity contribution in [1.82, 2.24) is 4.48 Å². The normalized spacial score (nSPS) is 15.2. The Bertz CT molecular complexity index is 1140. The number of rotatable bonds is 4. The van der Waals surface area contributed by atoms with Gasteiger partial charge in [-0.2, -0.15) is 0 Å². The number of hydrogen-bond donors (Lipinski definition) is 0. The molecule has 0 saturated heterocycles. The summed E-state index contributed by atoms with van der Waals surface area (Å²) in [5, 5.41) is 2.13. The van der Waals surface area contributed by atoms with Crippen LogP contribution in [0.25, 0.3) is 18.2 Å². The lowest BCUT2D eigenvalue weighted by atomic mass is 10.0. The molecule has 1 radical (unpaired) electrons. The molecule has 5 rings (SSSR count). The van der Waals surface area contributed by atoms with E-state index in [4.69, 9.17) is 0 Å². The van der Waals surface area contributed by atoms with E-state index in [0.29, 0.717) is 5.92 Å². The third kappa shape index (κ3) is 3.04. The monoisotopic (exact) mass is 380 g/mol. The highest BCUT2D eigenvalue weighted by Crippen LogP contribution is 2.25. The van der Waals surface area contributed by atoms with Gasteiger partial charge in [-0.05, 0) is 46.7 Å². The Morgan fingerprint density at radius 3 is 2.61 bits per heavy atom. The van der Waals surface area contributed by atoms with Crippen molar-refractivity contribution in [1.29, 1.82) is 0 Å². The van der Waals surface area contributed by atoms with Gasteiger partial charge in [0.25, 0.3) is 0 Å². The van der Waals surface area contributed by atoms with Gasteiger partial charge in [-0.1, -0.05) is 50.3 Å². The van der Waals surface area contributed by atoms with E-state index >= 15 is 0 Å². The average molecular weight is 380 g/mol. The van der Waals surface area contributed by atoms with Crippen LogP contribution < -0.4 is 0 Å². The van der Waals surface area contributed by atoms with Crippen molar-refractivity contribution in [3.63, 3.8) is 0 Å². The zero-order chi connectivity index (χ0) is 19.1. The largest absolute Gasteiger partial charge is 0.700 e. The first-order valence-electron chi connectivity index (χ1n) is 9.63. The molecule has 0 unspecified atom stereocenters. The topological polar surface area (TPSA) is 7.94 Å². The minimum atomic E-state index is 0.564. The first-order valence-corrected chi connectivity index (χ1v) is 10.5. The number of allylic oxidation sites excluding steroid dienone is 2. The summed E-state index contributed by atoms with van der Waals surface area (Å²) < 4.78 is 4.52. The van der Waals surface area contributed by atoms with E-state index in [1.807, 2.05) is 0 Å². The van der Waals surface area contributed by atoms with Gasteiger partial charge in [-0.25, -0.2) is 0 Å². The van der Waals surface area contributed by atoms with Crippen LogP contribution >= 0.6 is 11.3 Å². The number of hydrogen-bond acceptors (Lipinski definition) is 1. The van der Waals surface area contributed by atoms with Crippen LogP contribution in [0.3, 0.4) is 0 Å². The molecule has 0 N–H and O–H groups in total. The maximum absolute atomic E-state index is 2.27. The van der Waals surface area contributed by atoms with Crippen molar-refractivity contribution < 1.29 is 4.49 Å². The molecule has 0 spiro atoms. The number of nitrogens with zero attached hydrogens (tertiary/aromatic N) is 2. The Kier molecular flexibility index (Phi) is 4.29. The molecule has 28 heavy (non-hydrogen) atoms. The van der Waals surface area contributed by atoms with E-state index in [0.717, 1.165) is 0 Å². The van der Waals surface area contributed by atoms with Gasteiger partial charge in [0.1, 0.15) is 0 Å². The summed E-state index contributed by atoms with van der Waals surface area (Å²) in [5.41, 5.74) is 7.43. The van der Waals surface area contributed by atoms with Crippen LogP contribution in [0.2, 0.25) is 0 Å². The summed E-state index contributed by atoms with van der Waals surface area (Å²) in [4.78, 5) is 1.29. The molecule has 135 valence electrons. The van der Waals surface area contributed by atoms with E-state index in [9.17, 15) is 0 Å². The second-order valence-corrected chi connectivity index (χ2v) is 8.41. The number of benzene rings is 1. The van der Waals surface area contributed by atoms with E-state index < -0.39 is 0 Å². The summed E-state index contributed by atoms with van der Waals surface area (Å²) in [5.74, 6) is 0.564. The Morgan fingerprint density at radius 1 is 1.00 bits per heavy atom. The predicted octanol–water partition coefficient (Wildman–Crippen LogP) is 5.65. The van der Waals surface area contributed by atoms with Crippen molar-refractivity contribution in [2.75, 3.05) is 0 Å². The summed E-state index contributed by atoms with van der Waals surface area (Å²) in [6.07, 6.45) is 11.0. The molecule has 0 amide bonds. The molecule has 2 nitrogen and oxygen atoms in total. The highest BCUT2D eigenvalue weighted by atomic mass is 32.1. The summed E-state index contributed by atoms with van der Waals surface area (Å²) in [6, 6.07) is 17.5. The lowest BCUT2D eigenvalue weighted by Crippen LogP contribution is -2.30. The van der Waals surface area contributed by atoms with Gasteiger partial charge < -0.3 is 4.48 Å². The van der Waals surface area contributed by atoms with E-state index in [-0.39, 0.29) is 0 Å². The lowest BCUT2D eigenvalue weighted by Gasteiger charge is -2.11. The third-order valence-corrected chi connectivity index (χ3v) is 6.17. The van der Waals surface area contributed by atoms with Crippen molar-refractivity contribution in [2.45, 2.75) is 19.8 Å². The molecule has 0 aliphatic carbocycles. The molecule has 0 bridgehead atoms. The lowest BCUT2D eigenvalue weighted by molar-refractivity contribution is -0.311. The second kappa shape index (κ2) is 6.95. The SMILES string of the molecule is CC(C)c1ccc(/C=C/c2ccc3n2[B][N+]2=C(c4cccs4)C=CC2=C3)cc1. The Morgan fingerprint density at radius 2 is 1.86 bits per heavy atom. The zero-order valence-corrected chi connectivity index (χ0v) is 16.9. The summed E-state index contributed by atoms with van der Waals surface area (Å²) >= 11 is 1.77. The highest BCUT2D eigenvalue weighted by molar-refractivity contribution is 7.12. The third-order valence-electron chi connectivity index (χ3n) is 5.28. The minimum absolute atomic E-state index is 0.564. The molecular weight excluding hydrogens is 359 g/mol. The Balaban J connectivity index is 1.45. The molecule has 1 aromatic carbocycles. The van der Waals surface area contributed by atoms with Gasteiger partial charge in [0, 0.05) is 29.6 Å². The first-order chi connectivity index (χ1) is 13.7. The van der Waals surface area contributed by atoms with Crippen LogP contribution in [0, 0.1) is 0 Å². The number of aromatic nitrogens is 1. The zero-order valence-electron chi connectivity index (χ0n) is 16.0. The van der Waals surface area contributed by atoms with Crippen molar-refractivity contribution in [2.24, 2.45) is 0 Å². The minimum Gasteiger partial charge on any atom is -0.319 e. The number of fused-ring (bicyclic) bond motifs is 2. The predicted molar refractivity (Wildman–Crippen MR) is 121 cm³/mol. The van der Waals surface area contributed by atoms with Gasteiger partial charge >= 0.3 is 7.55 Å². The van der Waals surface area contributed by atoms with Crippen LogP contribution in [0.1, 0.15) is 47.2 Å². The molecule has 3 aromatic rings. The first kappa shape index (κ1) is 17.3. The van der Waals surface area contributed by atoms with Crippen LogP contribution in [0.5, 0.6) is 0 Å². The van der Waals surface area contributed by atoms with Crippen LogP contribution in [-0.4, -0.2) is 22.2 Å². The fourth-order valence-electron chi connectivity index (χ4n) is 3.64. The second-order valence-electron chi connectivity index (χ2n) is 7.46. The van der Waals surface area contributed by atoms with Crippen molar-refractivity contribution >= 4 is 42.8 Å². The summed E-state index contributed by atoms with van der Waals surface area (Å²) in [7, 11) is 2.20. The smallest absolute Gasteiger partial charge is 0.319 e. The van der Waals surface area contributed by atoms with Crippen LogP contribution in [0.15, 0.2) is 71.8 Å². The van der Waals surface area contributed by atoms with Gasteiger partial charge in [0.05, 0.1) is 4.88 Å². The Labute approximate surface area is 170 Å². The molecule has 0 fully saturated rings. The standard InChI is InChI=1S/C24H21BN2S/c1-17(2)19-8-5-18(6-9-19)7-10-20-11-12-21-16-22-13-14-23(24-4-3-15-28-24)27(22)25-26(20)21/h3-17H,1-2H3/q+1/b10-7+. The van der Waals surface area contributed by atoms with Crippen molar-refractivity contribution in [3.8, 4) is 0 Å². The molecule has 0 saturated carbocycles. The van der Waals surface area contributed by atoms with E-state index in [1.54, 1.807) is 11.3 Å². The van der Waals surface area contributed by atoms with Crippen molar-refractivity contribution in [3.05, 3.63) is 99.2 Å². The highest BCUT2D eigenvalue weighted by Gasteiger charge is 2.33. The molecular formula is C24H21BN2S+. The van der Waals surface area contributed by atoms with Crippen LogP contribution in [0.4, 0.5) is 0 Å². The fourth-order valence-corrected chi connectivity index (χ4v) is 4.39. The van der Waals surface area contributed by atoms with Gasteiger partial charge in [0.2, 0.25) is 0 Å². The fraction of sp³-hybridized carbons (Fsp3) is 0.125. The molecule has 4 heterocycles. The average Bonchev–Trinajstić information content (AvgIpc) is 3.44. The maximum Gasteiger partial charge on any atom is 0.700 e. The molecule has 4 heteroatoms. The quantitative estimate of drug-likeness (QED) is 0.517.